The highest BCUT2D eigenvalue weighted by Gasteiger charge is 2.30. The highest BCUT2D eigenvalue weighted by Crippen LogP contribution is 2.31. The fourth-order valence-electron chi connectivity index (χ4n) is 3.93. The molecule has 4 rings (SSSR count). The molecule has 1 aliphatic rings. The average Bonchev–Trinajstić information content (AvgIpc) is 3.44. The molecule has 0 aliphatic carbocycles. The summed E-state index contributed by atoms with van der Waals surface area (Å²) in [5.74, 6) is 1.14. The molecule has 2 aromatic heterocycles. The summed E-state index contributed by atoms with van der Waals surface area (Å²) in [6.45, 7) is 4.71. The Morgan fingerprint density at radius 1 is 1.23 bits per heavy atom. The first-order valence-electron chi connectivity index (χ1n) is 10.8. The van der Waals surface area contributed by atoms with E-state index in [0.29, 0.717) is 36.6 Å². The highest BCUT2D eigenvalue weighted by molar-refractivity contribution is 5.77. The fourth-order valence-corrected chi connectivity index (χ4v) is 3.93. The van der Waals surface area contributed by atoms with Crippen LogP contribution in [0.25, 0.3) is 0 Å². The van der Waals surface area contributed by atoms with Gasteiger partial charge >= 0.3 is 0 Å². The van der Waals surface area contributed by atoms with Crippen LogP contribution in [0.1, 0.15) is 73.7 Å². The van der Waals surface area contributed by atoms with Crippen molar-refractivity contribution in [1.82, 2.24) is 20.1 Å². The molecule has 0 unspecified atom stereocenters. The SMILES string of the molecule is CC(C)c1nnc(CCC(=O)N2CCC[C@@H]2c2ccc(Cc3ccccc3F)cn2)o1. The Morgan fingerprint density at radius 2 is 2.06 bits per heavy atom. The number of aromatic nitrogens is 3. The number of hydrogen-bond donors (Lipinski definition) is 0. The van der Waals surface area contributed by atoms with Gasteiger partial charge in [-0.1, -0.05) is 38.1 Å². The fraction of sp³-hybridized carbons (Fsp3) is 0.417. The van der Waals surface area contributed by atoms with Crippen LogP contribution >= 0.6 is 0 Å². The van der Waals surface area contributed by atoms with Crippen LogP contribution in [0.3, 0.4) is 0 Å². The Morgan fingerprint density at radius 3 is 2.77 bits per heavy atom. The number of hydrogen-bond acceptors (Lipinski definition) is 5. The summed E-state index contributed by atoms with van der Waals surface area (Å²) in [7, 11) is 0. The number of aryl methyl sites for hydroxylation is 1. The molecule has 1 aromatic carbocycles. The normalized spacial score (nSPS) is 16.3. The number of likely N-dealkylation sites (tertiary alicyclic amines) is 1. The molecule has 1 aliphatic heterocycles. The number of carbonyl (C=O) groups excluding carboxylic acids is 1. The number of nitrogens with zero attached hydrogens (tertiary/aromatic N) is 4. The van der Waals surface area contributed by atoms with Crippen molar-refractivity contribution in [3.8, 4) is 0 Å². The lowest BCUT2D eigenvalue weighted by atomic mass is 10.0. The van der Waals surface area contributed by atoms with Crippen LogP contribution in [0.15, 0.2) is 47.0 Å². The van der Waals surface area contributed by atoms with Crippen LogP contribution in [0.2, 0.25) is 0 Å². The highest BCUT2D eigenvalue weighted by atomic mass is 19.1. The molecule has 0 bridgehead atoms. The molecular weight excluding hydrogens is 395 g/mol. The molecular formula is C24H27FN4O2. The summed E-state index contributed by atoms with van der Waals surface area (Å²) >= 11 is 0. The summed E-state index contributed by atoms with van der Waals surface area (Å²) in [4.78, 5) is 19.4. The van der Waals surface area contributed by atoms with E-state index in [9.17, 15) is 9.18 Å². The lowest BCUT2D eigenvalue weighted by Crippen LogP contribution is -2.31. The Balaban J connectivity index is 1.38. The average molecular weight is 423 g/mol. The van der Waals surface area contributed by atoms with Gasteiger partial charge in [0.25, 0.3) is 0 Å². The molecule has 6 nitrogen and oxygen atoms in total. The number of carbonyl (C=O) groups is 1. The maximum absolute atomic E-state index is 13.9. The minimum Gasteiger partial charge on any atom is -0.425 e. The summed E-state index contributed by atoms with van der Waals surface area (Å²) in [5.41, 5.74) is 2.47. The van der Waals surface area contributed by atoms with Gasteiger partial charge in [-0.05, 0) is 36.1 Å². The zero-order chi connectivity index (χ0) is 21.8. The summed E-state index contributed by atoms with van der Waals surface area (Å²) in [6, 6.07) is 10.7. The van der Waals surface area contributed by atoms with Crippen molar-refractivity contribution in [2.45, 2.75) is 57.9 Å². The number of pyridine rings is 1. The van der Waals surface area contributed by atoms with Crippen molar-refractivity contribution in [2.75, 3.05) is 6.54 Å². The molecule has 1 saturated heterocycles. The van der Waals surface area contributed by atoms with Crippen LogP contribution in [0.4, 0.5) is 4.39 Å². The Labute approximate surface area is 181 Å². The smallest absolute Gasteiger partial charge is 0.223 e. The Kier molecular flexibility index (Phi) is 6.39. The minimum atomic E-state index is -0.207. The van der Waals surface area contributed by atoms with E-state index in [1.165, 1.54) is 6.07 Å². The van der Waals surface area contributed by atoms with Crippen molar-refractivity contribution in [1.29, 1.82) is 0 Å². The van der Waals surface area contributed by atoms with Gasteiger partial charge in [0, 0.05) is 37.9 Å². The van der Waals surface area contributed by atoms with E-state index in [2.05, 4.69) is 15.2 Å². The third kappa shape index (κ3) is 4.98. The second-order valence-corrected chi connectivity index (χ2v) is 8.29. The van der Waals surface area contributed by atoms with Gasteiger partial charge in [-0.2, -0.15) is 0 Å². The monoisotopic (exact) mass is 422 g/mol. The van der Waals surface area contributed by atoms with Crippen molar-refractivity contribution >= 4 is 5.91 Å². The summed E-state index contributed by atoms with van der Waals surface area (Å²) in [5, 5.41) is 8.06. The van der Waals surface area contributed by atoms with E-state index in [-0.39, 0.29) is 23.7 Å². The van der Waals surface area contributed by atoms with E-state index in [1.807, 2.05) is 36.9 Å². The van der Waals surface area contributed by atoms with Crippen molar-refractivity contribution < 1.29 is 13.6 Å². The molecule has 0 radical (unpaired) electrons. The standard InChI is InChI=1S/C24H27FN4O2/c1-16(2)24-28-27-22(31-24)11-12-23(30)29-13-5-8-21(29)20-10-9-17(15-26-20)14-18-6-3-4-7-19(18)25/h3-4,6-7,9-10,15-16,21H,5,8,11-14H2,1-2H3/t21-/m1/s1. The van der Waals surface area contributed by atoms with E-state index < -0.39 is 0 Å². The molecule has 31 heavy (non-hydrogen) atoms. The first-order chi connectivity index (χ1) is 15.0. The largest absolute Gasteiger partial charge is 0.425 e. The van der Waals surface area contributed by atoms with Crippen LogP contribution in [0.5, 0.6) is 0 Å². The summed E-state index contributed by atoms with van der Waals surface area (Å²) in [6.07, 6.45) is 4.90. The van der Waals surface area contributed by atoms with E-state index in [1.54, 1.807) is 18.3 Å². The van der Waals surface area contributed by atoms with Gasteiger partial charge in [-0.25, -0.2) is 4.39 Å². The Bertz CT molecular complexity index is 1030. The van der Waals surface area contributed by atoms with Crippen molar-refractivity contribution in [3.63, 3.8) is 0 Å². The zero-order valence-electron chi connectivity index (χ0n) is 17.9. The van der Waals surface area contributed by atoms with Crippen LogP contribution < -0.4 is 0 Å². The van der Waals surface area contributed by atoms with Crippen molar-refractivity contribution in [3.05, 3.63) is 77.0 Å². The topological polar surface area (TPSA) is 72.1 Å². The molecule has 7 heteroatoms. The second-order valence-electron chi connectivity index (χ2n) is 8.29. The van der Waals surface area contributed by atoms with Gasteiger partial charge in [0.2, 0.25) is 17.7 Å². The summed E-state index contributed by atoms with van der Waals surface area (Å²) < 4.78 is 19.5. The predicted octanol–water partition coefficient (Wildman–Crippen LogP) is 4.61. The first kappa shape index (κ1) is 21.2. The van der Waals surface area contributed by atoms with Gasteiger partial charge in [-0.15, -0.1) is 10.2 Å². The number of halogens is 1. The maximum atomic E-state index is 13.9. The molecule has 1 atom stereocenters. The van der Waals surface area contributed by atoms with Crippen molar-refractivity contribution in [2.24, 2.45) is 0 Å². The molecule has 3 heterocycles. The van der Waals surface area contributed by atoms with E-state index >= 15 is 0 Å². The molecule has 0 saturated carbocycles. The van der Waals surface area contributed by atoms with Crippen LogP contribution in [-0.4, -0.2) is 32.5 Å². The van der Waals surface area contributed by atoms with Gasteiger partial charge in [0.1, 0.15) is 5.82 Å². The van der Waals surface area contributed by atoms with Gasteiger partial charge < -0.3 is 9.32 Å². The van der Waals surface area contributed by atoms with Crippen LogP contribution in [-0.2, 0) is 17.6 Å². The van der Waals surface area contributed by atoms with E-state index in [0.717, 1.165) is 30.6 Å². The molecule has 0 N–H and O–H groups in total. The quantitative estimate of drug-likeness (QED) is 0.556. The number of amides is 1. The lowest BCUT2D eigenvalue weighted by Gasteiger charge is -2.24. The van der Waals surface area contributed by atoms with Gasteiger partial charge in [-0.3, -0.25) is 9.78 Å². The lowest BCUT2D eigenvalue weighted by molar-refractivity contribution is -0.132. The number of rotatable bonds is 7. The van der Waals surface area contributed by atoms with Gasteiger partial charge in [0.15, 0.2) is 0 Å². The third-order valence-corrected chi connectivity index (χ3v) is 5.64. The Hall–Kier alpha value is -3.09. The molecule has 0 spiro atoms. The molecule has 162 valence electrons. The minimum absolute atomic E-state index is 0.0241. The zero-order valence-corrected chi connectivity index (χ0v) is 17.9. The van der Waals surface area contributed by atoms with Crippen LogP contribution in [0, 0.1) is 5.82 Å². The van der Waals surface area contributed by atoms with Gasteiger partial charge in [0.05, 0.1) is 11.7 Å². The van der Waals surface area contributed by atoms with E-state index in [4.69, 9.17) is 4.42 Å². The second kappa shape index (κ2) is 9.37. The predicted molar refractivity (Wildman–Crippen MR) is 114 cm³/mol. The number of benzene rings is 1. The molecule has 3 aromatic rings. The maximum Gasteiger partial charge on any atom is 0.223 e. The molecule has 1 fully saturated rings. The molecule has 1 amide bonds. The first-order valence-corrected chi connectivity index (χ1v) is 10.8. The third-order valence-electron chi connectivity index (χ3n) is 5.64.